The molecular weight excluding hydrogens is 238 g/mol. The van der Waals surface area contributed by atoms with Gasteiger partial charge in [0.15, 0.2) is 0 Å². The quantitative estimate of drug-likeness (QED) is 0.773. The average Bonchev–Trinajstić information content (AvgIpc) is 2.36. The first-order chi connectivity index (χ1) is 8.99. The van der Waals surface area contributed by atoms with E-state index in [1.807, 2.05) is 45.0 Å². The third-order valence-corrected chi connectivity index (χ3v) is 2.98. The molecule has 1 aromatic carbocycles. The highest BCUT2D eigenvalue weighted by Gasteiger charge is 2.08. The van der Waals surface area contributed by atoms with E-state index >= 15 is 0 Å². The molecule has 2 N–H and O–H groups in total. The number of hydrogen-bond acceptors (Lipinski definition) is 2. The molecule has 0 saturated heterocycles. The second-order valence-electron chi connectivity index (χ2n) is 5.14. The molecule has 1 amide bonds. The minimum Gasteiger partial charge on any atom is -0.393 e. The number of carbonyl (C=O) groups excluding carboxylic acids is 1. The largest absolute Gasteiger partial charge is 0.393 e. The summed E-state index contributed by atoms with van der Waals surface area (Å²) in [4.78, 5) is 11.6. The zero-order chi connectivity index (χ0) is 14.3. The van der Waals surface area contributed by atoms with Crippen molar-refractivity contribution < 1.29 is 9.90 Å². The van der Waals surface area contributed by atoms with E-state index < -0.39 is 0 Å². The van der Waals surface area contributed by atoms with Crippen molar-refractivity contribution in [2.75, 3.05) is 6.54 Å². The van der Waals surface area contributed by atoms with Gasteiger partial charge in [-0.25, -0.2) is 0 Å². The van der Waals surface area contributed by atoms with Crippen molar-refractivity contribution in [2.45, 2.75) is 33.3 Å². The van der Waals surface area contributed by atoms with Gasteiger partial charge < -0.3 is 10.4 Å². The molecule has 0 bridgehead atoms. The highest BCUT2D eigenvalue weighted by molar-refractivity contribution is 5.91. The SMILES string of the molecule is Cc1cccc(C=CC(=O)NCCC(O)C(C)C)c1. The molecule has 104 valence electrons. The molecule has 0 aliphatic heterocycles. The molecule has 0 aliphatic carbocycles. The molecule has 0 aliphatic rings. The monoisotopic (exact) mass is 261 g/mol. The lowest BCUT2D eigenvalue weighted by molar-refractivity contribution is -0.116. The van der Waals surface area contributed by atoms with Gasteiger partial charge in [-0.1, -0.05) is 43.7 Å². The van der Waals surface area contributed by atoms with Crippen LogP contribution in [0.5, 0.6) is 0 Å². The van der Waals surface area contributed by atoms with Gasteiger partial charge in [0.2, 0.25) is 5.91 Å². The van der Waals surface area contributed by atoms with Crippen LogP contribution in [0.25, 0.3) is 6.08 Å². The van der Waals surface area contributed by atoms with Crippen LogP contribution in [0.2, 0.25) is 0 Å². The van der Waals surface area contributed by atoms with Gasteiger partial charge in [0, 0.05) is 12.6 Å². The molecule has 0 radical (unpaired) electrons. The van der Waals surface area contributed by atoms with Crippen LogP contribution in [0.4, 0.5) is 0 Å². The summed E-state index contributed by atoms with van der Waals surface area (Å²) in [5.74, 6) is 0.0946. The number of carbonyl (C=O) groups is 1. The second-order valence-corrected chi connectivity index (χ2v) is 5.14. The minimum atomic E-state index is -0.360. The summed E-state index contributed by atoms with van der Waals surface area (Å²) in [7, 11) is 0. The predicted molar refractivity (Wildman–Crippen MR) is 78.7 cm³/mol. The van der Waals surface area contributed by atoms with E-state index in [1.165, 1.54) is 11.6 Å². The zero-order valence-corrected chi connectivity index (χ0v) is 11.9. The van der Waals surface area contributed by atoms with Crippen molar-refractivity contribution in [3.05, 3.63) is 41.5 Å². The van der Waals surface area contributed by atoms with Crippen molar-refractivity contribution in [1.29, 1.82) is 0 Å². The summed E-state index contributed by atoms with van der Waals surface area (Å²) in [6.07, 6.45) is 3.54. The van der Waals surface area contributed by atoms with Crippen LogP contribution in [0.15, 0.2) is 30.3 Å². The molecule has 1 unspecified atom stereocenters. The molecule has 0 saturated carbocycles. The fraction of sp³-hybridized carbons (Fsp3) is 0.438. The Bertz CT molecular complexity index is 438. The number of benzene rings is 1. The van der Waals surface area contributed by atoms with E-state index in [0.717, 1.165) is 5.56 Å². The smallest absolute Gasteiger partial charge is 0.244 e. The predicted octanol–water partition coefficient (Wildman–Crippen LogP) is 2.53. The lowest BCUT2D eigenvalue weighted by Crippen LogP contribution is -2.27. The van der Waals surface area contributed by atoms with Crippen molar-refractivity contribution >= 4 is 12.0 Å². The Morgan fingerprint density at radius 1 is 1.42 bits per heavy atom. The molecule has 0 spiro atoms. The Balaban J connectivity index is 2.35. The summed E-state index contributed by atoms with van der Waals surface area (Å²) < 4.78 is 0. The summed E-state index contributed by atoms with van der Waals surface area (Å²) in [5, 5.41) is 12.4. The highest BCUT2D eigenvalue weighted by atomic mass is 16.3. The summed E-state index contributed by atoms with van der Waals surface area (Å²) >= 11 is 0. The second kappa shape index (κ2) is 7.74. The van der Waals surface area contributed by atoms with Gasteiger partial charge in [0.1, 0.15) is 0 Å². The molecule has 3 nitrogen and oxygen atoms in total. The maximum atomic E-state index is 11.6. The highest BCUT2D eigenvalue weighted by Crippen LogP contribution is 2.06. The van der Waals surface area contributed by atoms with Crippen molar-refractivity contribution in [1.82, 2.24) is 5.32 Å². The number of rotatable bonds is 6. The maximum absolute atomic E-state index is 11.6. The molecule has 0 fully saturated rings. The van der Waals surface area contributed by atoms with E-state index in [9.17, 15) is 9.90 Å². The van der Waals surface area contributed by atoms with Crippen LogP contribution in [-0.2, 0) is 4.79 Å². The molecule has 0 heterocycles. The summed E-state index contributed by atoms with van der Waals surface area (Å²) in [6.45, 7) is 6.44. The van der Waals surface area contributed by atoms with Crippen molar-refractivity contribution in [2.24, 2.45) is 5.92 Å². The van der Waals surface area contributed by atoms with E-state index in [1.54, 1.807) is 6.08 Å². The van der Waals surface area contributed by atoms with Gasteiger partial charge in [-0.05, 0) is 30.9 Å². The van der Waals surface area contributed by atoms with E-state index in [-0.39, 0.29) is 17.9 Å². The first-order valence-electron chi connectivity index (χ1n) is 6.69. The Labute approximate surface area is 115 Å². The molecular formula is C16H23NO2. The number of aliphatic hydroxyl groups excluding tert-OH is 1. The minimum absolute atomic E-state index is 0.127. The Morgan fingerprint density at radius 3 is 2.79 bits per heavy atom. The normalized spacial score (nSPS) is 12.9. The fourth-order valence-corrected chi connectivity index (χ4v) is 1.68. The lowest BCUT2D eigenvalue weighted by atomic mass is 10.0. The van der Waals surface area contributed by atoms with Gasteiger partial charge in [-0.15, -0.1) is 0 Å². The van der Waals surface area contributed by atoms with Crippen LogP contribution in [0, 0.1) is 12.8 Å². The first-order valence-corrected chi connectivity index (χ1v) is 6.69. The zero-order valence-electron chi connectivity index (χ0n) is 11.9. The lowest BCUT2D eigenvalue weighted by Gasteiger charge is -2.13. The van der Waals surface area contributed by atoms with E-state index in [2.05, 4.69) is 5.32 Å². The van der Waals surface area contributed by atoms with Crippen LogP contribution < -0.4 is 5.32 Å². The first kappa shape index (κ1) is 15.4. The molecule has 19 heavy (non-hydrogen) atoms. The molecule has 0 aromatic heterocycles. The molecule has 3 heteroatoms. The number of aryl methyl sites for hydroxylation is 1. The van der Waals surface area contributed by atoms with Crippen LogP contribution in [0.3, 0.4) is 0 Å². The van der Waals surface area contributed by atoms with Crippen molar-refractivity contribution in [3.63, 3.8) is 0 Å². The molecule has 1 rings (SSSR count). The number of nitrogens with one attached hydrogen (secondary N) is 1. The average molecular weight is 261 g/mol. The molecule has 1 atom stereocenters. The van der Waals surface area contributed by atoms with Crippen LogP contribution >= 0.6 is 0 Å². The summed E-state index contributed by atoms with van der Waals surface area (Å²) in [6, 6.07) is 7.96. The van der Waals surface area contributed by atoms with Gasteiger partial charge in [0.05, 0.1) is 6.10 Å². The van der Waals surface area contributed by atoms with Crippen LogP contribution in [-0.4, -0.2) is 23.7 Å². The molecule has 1 aromatic rings. The number of hydrogen-bond donors (Lipinski definition) is 2. The Hall–Kier alpha value is -1.61. The van der Waals surface area contributed by atoms with Crippen molar-refractivity contribution in [3.8, 4) is 0 Å². The van der Waals surface area contributed by atoms with Crippen LogP contribution in [0.1, 0.15) is 31.4 Å². The van der Waals surface area contributed by atoms with Gasteiger partial charge in [-0.3, -0.25) is 4.79 Å². The standard InChI is InChI=1S/C16H23NO2/c1-12(2)15(18)9-10-17-16(19)8-7-14-6-4-5-13(3)11-14/h4-8,11-12,15,18H,9-10H2,1-3H3,(H,17,19). The Morgan fingerprint density at radius 2 is 2.16 bits per heavy atom. The van der Waals surface area contributed by atoms with Gasteiger partial charge >= 0.3 is 0 Å². The van der Waals surface area contributed by atoms with E-state index in [0.29, 0.717) is 13.0 Å². The van der Waals surface area contributed by atoms with Gasteiger partial charge in [0.25, 0.3) is 0 Å². The van der Waals surface area contributed by atoms with E-state index in [4.69, 9.17) is 0 Å². The fourth-order valence-electron chi connectivity index (χ4n) is 1.68. The Kier molecular flexibility index (Phi) is 6.30. The summed E-state index contributed by atoms with van der Waals surface area (Å²) in [5.41, 5.74) is 2.18. The maximum Gasteiger partial charge on any atom is 0.244 e. The number of amides is 1. The van der Waals surface area contributed by atoms with Gasteiger partial charge in [-0.2, -0.15) is 0 Å². The topological polar surface area (TPSA) is 49.3 Å². The third kappa shape index (κ3) is 6.20. The number of aliphatic hydroxyl groups is 1. The third-order valence-electron chi connectivity index (χ3n) is 2.98.